The molecule has 0 bridgehead atoms. The van der Waals surface area contributed by atoms with Crippen molar-refractivity contribution < 1.29 is 19.1 Å². The van der Waals surface area contributed by atoms with Crippen LogP contribution >= 0.6 is 11.6 Å². The molecule has 0 aliphatic carbocycles. The molecule has 1 aliphatic rings. The molecule has 2 aromatic rings. The molecule has 7 nitrogen and oxygen atoms in total. The third-order valence-corrected chi connectivity index (χ3v) is 4.84. The number of hydrogen-bond acceptors (Lipinski definition) is 6. The fraction of sp³-hybridized carbons (Fsp3) is 0.400. The second kappa shape index (κ2) is 9.01. The largest absolute Gasteiger partial charge is 0.476 e. The molecule has 1 saturated heterocycles. The number of carbonyl (C=O) groups excluding carboxylic acids is 2. The first-order valence-corrected chi connectivity index (χ1v) is 9.49. The highest BCUT2D eigenvalue weighted by Gasteiger charge is 2.38. The smallest absolute Gasteiger partial charge is 0.318 e. The topological polar surface area (TPSA) is 81.6 Å². The summed E-state index contributed by atoms with van der Waals surface area (Å²) in [5.74, 6) is -1.13. The van der Waals surface area contributed by atoms with E-state index in [1.807, 2.05) is 32.0 Å². The maximum absolute atomic E-state index is 12.6. The molecule has 2 heterocycles. The van der Waals surface area contributed by atoms with Gasteiger partial charge in [-0.15, -0.1) is 0 Å². The van der Waals surface area contributed by atoms with Crippen molar-refractivity contribution in [1.82, 2.24) is 9.97 Å². The van der Waals surface area contributed by atoms with Gasteiger partial charge in [0, 0.05) is 18.7 Å². The molecule has 28 heavy (non-hydrogen) atoms. The molecular formula is C20H22ClN3O4. The third kappa shape index (κ3) is 4.78. The van der Waals surface area contributed by atoms with E-state index in [4.69, 9.17) is 21.1 Å². The molecule has 1 fully saturated rings. The highest BCUT2D eigenvalue weighted by molar-refractivity contribution is 6.29. The fourth-order valence-corrected chi connectivity index (χ4v) is 3.09. The molecule has 0 N–H and O–H groups in total. The van der Waals surface area contributed by atoms with Crippen LogP contribution in [-0.2, 0) is 14.3 Å². The van der Waals surface area contributed by atoms with Gasteiger partial charge < -0.3 is 14.4 Å². The van der Waals surface area contributed by atoms with E-state index in [0.29, 0.717) is 31.9 Å². The van der Waals surface area contributed by atoms with Gasteiger partial charge in [-0.3, -0.25) is 14.6 Å². The predicted molar refractivity (Wildman–Crippen MR) is 104 cm³/mol. The number of ether oxygens (including phenoxy) is 2. The number of nitrogens with zero attached hydrogens (tertiary/aromatic N) is 3. The highest BCUT2D eigenvalue weighted by Crippen LogP contribution is 2.27. The predicted octanol–water partition coefficient (Wildman–Crippen LogP) is 3.11. The summed E-state index contributed by atoms with van der Waals surface area (Å²) >= 11 is 5.73. The van der Waals surface area contributed by atoms with Crippen molar-refractivity contribution in [3.05, 3.63) is 46.9 Å². The Morgan fingerprint density at radius 3 is 2.82 bits per heavy atom. The maximum atomic E-state index is 12.6. The van der Waals surface area contributed by atoms with Crippen LogP contribution in [0, 0.1) is 19.8 Å². The van der Waals surface area contributed by atoms with Crippen LogP contribution in [0.4, 0.5) is 5.69 Å². The number of halogens is 1. The molecule has 1 aromatic heterocycles. The number of benzene rings is 1. The van der Waals surface area contributed by atoms with Gasteiger partial charge in [0.05, 0.1) is 25.6 Å². The van der Waals surface area contributed by atoms with Crippen molar-refractivity contribution in [1.29, 1.82) is 0 Å². The van der Waals surface area contributed by atoms with Gasteiger partial charge in [0.15, 0.2) is 5.15 Å². The maximum Gasteiger partial charge on any atom is 0.318 e. The fourth-order valence-electron chi connectivity index (χ4n) is 2.95. The number of esters is 1. The van der Waals surface area contributed by atoms with E-state index >= 15 is 0 Å². The molecule has 3 rings (SSSR count). The lowest BCUT2D eigenvalue weighted by atomic mass is 10.1. The van der Waals surface area contributed by atoms with Crippen molar-refractivity contribution in [2.24, 2.45) is 5.92 Å². The van der Waals surface area contributed by atoms with E-state index in [1.54, 1.807) is 4.90 Å². The molecule has 1 aliphatic heterocycles. The van der Waals surface area contributed by atoms with E-state index in [9.17, 15) is 9.59 Å². The van der Waals surface area contributed by atoms with E-state index in [-0.39, 0.29) is 17.7 Å². The first kappa shape index (κ1) is 20.1. The van der Waals surface area contributed by atoms with Crippen molar-refractivity contribution >= 4 is 29.2 Å². The molecule has 1 atom stereocenters. The summed E-state index contributed by atoms with van der Waals surface area (Å²) in [6.45, 7) is 5.00. The zero-order valence-electron chi connectivity index (χ0n) is 15.9. The lowest BCUT2D eigenvalue weighted by Gasteiger charge is -2.18. The second-order valence-electron chi connectivity index (χ2n) is 6.65. The summed E-state index contributed by atoms with van der Waals surface area (Å²) in [7, 11) is 0. The monoisotopic (exact) mass is 403 g/mol. The summed E-state index contributed by atoms with van der Waals surface area (Å²) in [4.78, 5) is 34.4. The van der Waals surface area contributed by atoms with E-state index in [0.717, 1.165) is 16.8 Å². The average Bonchev–Trinajstić information content (AvgIpc) is 3.05. The molecule has 8 heteroatoms. The van der Waals surface area contributed by atoms with E-state index < -0.39 is 11.9 Å². The number of aromatic nitrogens is 2. The summed E-state index contributed by atoms with van der Waals surface area (Å²) in [6, 6.07) is 5.86. The molecule has 1 unspecified atom stereocenters. The quantitative estimate of drug-likeness (QED) is 0.401. The molecule has 148 valence electrons. The van der Waals surface area contributed by atoms with Gasteiger partial charge in [0.2, 0.25) is 11.8 Å². The van der Waals surface area contributed by atoms with Crippen LogP contribution in [0.2, 0.25) is 5.15 Å². The van der Waals surface area contributed by atoms with Crippen LogP contribution in [0.15, 0.2) is 30.6 Å². The average molecular weight is 404 g/mol. The van der Waals surface area contributed by atoms with Gasteiger partial charge in [0.1, 0.15) is 5.92 Å². The minimum absolute atomic E-state index is 0.167. The minimum Gasteiger partial charge on any atom is -0.476 e. The zero-order chi connectivity index (χ0) is 20.1. The van der Waals surface area contributed by atoms with Gasteiger partial charge in [-0.1, -0.05) is 17.7 Å². The van der Waals surface area contributed by atoms with Gasteiger partial charge in [-0.05, 0) is 43.5 Å². The molecule has 0 radical (unpaired) electrons. The van der Waals surface area contributed by atoms with E-state index in [2.05, 4.69) is 9.97 Å². The first-order valence-electron chi connectivity index (χ1n) is 9.11. The zero-order valence-corrected chi connectivity index (χ0v) is 16.6. The van der Waals surface area contributed by atoms with Crippen molar-refractivity contribution in [2.75, 3.05) is 24.7 Å². The van der Waals surface area contributed by atoms with Gasteiger partial charge in [0.25, 0.3) is 0 Å². The Bertz CT molecular complexity index is 874. The minimum atomic E-state index is -0.749. The van der Waals surface area contributed by atoms with Gasteiger partial charge in [-0.25, -0.2) is 0 Å². The Labute approximate surface area is 168 Å². The molecule has 0 spiro atoms. The SMILES string of the molecule is Cc1ccc(N2CCC(C(=O)OCCCOc3cncc(Cl)n3)C2=O)cc1C. The Balaban J connectivity index is 1.44. The number of aryl methyl sites for hydroxylation is 2. The lowest BCUT2D eigenvalue weighted by Crippen LogP contribution is -2.31. The summed E-state index contributed by atoms with van der Waals surface area (Å²) in [5, 5.41) is 0.247. The highest BCUT2D eigenvalue weighted by atomic mass is 35.5. The van der Waals surface area contributed by atoms with Crippen LogP contribution in [0.1, 0.15) is 24.0 Å². The Morgan fingerprint density at radius 1 is 1.25 bits per heavy atom. The Morgan fingerprint density at radius 2 is 2.07 bits per heavy atom. The van der Waals surface area contributed by atoms with Crippen molar-refractivity contribution in [2.45, 2.75) is 26.7 Å². The summed E-state index contributed by atoms with van der Waals surface area (Å²) in [5.41, 5.74) is 3.09. The molecule has 1 amide bonds. The van der Waals surface area contributed by atoms with Gasteiger partial charge >= 0.3 is 5.97 Å². The van der Waals surface area contributed by atoms with Gasteiger partial charge in [-0.2, -0.15) is 4.98 Å². The number of amides is 1. The number of anilines is 1. The number of rotatable bonds is 7. The molecule has 1 aromatic carbocycles. The summed E-state index contributed by atoms with van der Waals surface area (Å²) in [6.07, 6.45) is 3.80. The van der Waals surface area contributed by atoms with Crippen LogP contribution in [0.25, 0.3) is 0 Å². The summed E-state index contributed by atoms with van der Waals surface area (Å²) < 4.78 is 10.6. The second-order valence-corrected chi connectivity index (χ2v) is 7.04. The van der Waals surface area contributed by atoms with Crippen molar-refractivity contribution in [3.8, 4) is 5.88 Å². The van der Waals surface area contributed by atoms with Crippen LogP contribution in [-0.4, -0.2) is 41.6 Å². The normalized spacial score (nSPS) is 16.3. The number of hydrogen-bond donors (Lipinski definition) is 0. The standard InChI is InChI=1S/C20H22ClN3O4/c1-13-4-5-15(10-14(13)2)24-7-6-16(19(24)25)20(26)28-9-3-8-27-18-12-22-11-17(21)23-18/h4-5,10-12,16H,3,6-9H2,1-2H3. The van der Waals surface area contributed by atoms with Crippen molar-refractivity contribution in [3.63, 3.8) is 0 Å². The van der Waals surface area contributed by atoms with Crippen LogP contribution in [0.3, 0.4) is 0 Å². The first-order chi connectivity index (χ1) is 13.5. The van der Waals surface area contributed by atoms with Crippen LogP contribution in [0.5, 0.6) is 5.88 Å². The van der Waals surface area contributed by atoms with Crippen LogP contribution < -0.4 is 9.64 Å². The lowest BCUT2D eigenvalue weighted by molar-refractivity contribution is -0.151. The molecular weight excluding hydrogens is 382 g/mol. The van der Waals surface area contributed by atoms with E-state index in [1.165, 1.54) is 12.4 Å². The Kier molecular flexibility index (Phi) is 6.46. The third-order valence-electron chi connectivity index (χ3n) is 4.66. The molecule has 0 saturated carbocycles. The Hall–Kier alpha value is -2.67. The number of carbonyl (C=O) groups is 2.